The average molecular weight is 470 g/mol. The van der Waals surface area contributed by atoms with Gasteiger partial charge in [0.25, 0.3) is 0 Å². The van der Waals surface area contributed by atoms with Gasteiger partial charge in [-0.25, -0.2) is 8.42 Å². The Morgan fingerprint density at radius 1 is 1.00 bits per heavy atom. The predicted octanol–water partition coefficient (Wildman–Crippen LogP) is 2.98. The first-order chi connectivity index (χ1) is 15.9. The molecule has 0 unspecified atom stereocenters. The van der Waals surface area contributed by atoms with Crippen molar-refractivity contribution in [3.8, 4) is 0 Å². The minimum absolute atomic E-state index is 0.101. The number of anilines is 1. The number of benzene rings is 2. The SMILES string of the molecule is CN(Cc1ccccc1N1CCCC1)C(=O)C=Cc1ccc(S(=O)(=O)N2CCOCC2)cc1. The van der Waals surface area contributed by atoms with E-state index in [1.807, 2.05) is 12.1 Å². The zero-order valence-corrected chi connectivity index (χ0v) is 19.8. The Labute approximate surface area is 196 Å². The van der Waals surface area contributed by atoms with Crippen LogP contribution in [0.3, 0.4) is 0 Å². The summed E-state index contributed by atoms with van der Waals surface area (Å²) in [6.45, 7) is 4.22. The molecule has 2 fully saturated rings. The van der Waals surface area contributed by atoms with Crippen molar-refractivity contribution in [1.29, 1.82) is 0 Å². The molecule has 0 spiro atoms. The summed E-state index contributed by atoms with van der Waals surface area (Å²) in [6, 6.07) is 14.9. The number of nitrogens with zero attached hydrogens (tertiary/aromatic N) is 3. The van der Waals surface area contributed by atoms with Crippen molar-refractivity contribution in [3.63, 3.8) is 0 Å². The monoisotopic (exact) mass is 469 g/mol. The van der Waals surface area contributed by atoms with Gasteiger partial charge in [0.1, 0.15) is 0 Å². The summed E-state index contributed by atoms with van der Waals surface area (Å²) < 4.78 is 32.2. The lowest BCUT2D eigenvalue weighted by Gasteiger charge is -2.26. The van der Waals surface area contributed by atoms with Gasteiger partial charge in [0.05, 0.1) is 18.1 Å². The lowest BCUT2D eigenvalue weighted by atomic mass is 10.1. The third-order valence-electron chi connectivity index (χ3n) is 6.13. The van der Waals surface area contributed by atoms with Gasteiger partial charge in [-0.1, -0.05) is 30.3 Å². The van der Waals surface area contributed by atoms with Crippen LogP contribution in [0.25, 0.3) is 6.08 Å². The van der Waals surface area contributed by atoms with Crippen LogP contribution in [0, 0.1) is 0 Å². The molecule has 0 aromatic heterocycles. The van der Waals surface area contributed by atoms with Crippen LogP contribution < -0.4 is 4.90 Å². The number of sulfonamides is 1. The van der Waals surface area contributed by atoms with Gasteiger partial charge in [-0.05, 0) is 48.2 Å². The molecule has 7 nitrogen and oxygen atoms in total. The van der Waals surface area contributed by atoms with Crippen LogP contribution in [0.1, 0.15) is 24.0 Å². The normalized spacial score (nSPS) is 17.5. The van der Waals surface area contributed by atoms with Gasteiger partial charge in [0.2, 0.25) is 15.9 Å². The number of morpholine rings is 1. The van der Waals surface area contributed by atoms with Gasteiger partial charge in [-0.15, -0.1) is 0 Å². The molecule has 1 amide bonds. The summed E-state index contributed by atoms with van der Waals surface area (Å²) in [6.07, 6.45) is 5.66. The van der Waals surface area contributed by atoms with E-state index in [4.69, 9.17) is 4.74 Å². The molecule has 0 atom stereocenters. The summed E-state index contributed by atoms with van der Waals surface area (Å²) in [7, 11) is -1.72. The average Bonchev–Trinajstić information content (AvgIpc) is 3.38. The van der Waals surface area contributed by atoms with E-state index in [1.54, 1.807) is 42.3 Å². The standard InChI is InChI=1S/C25H31N3O4S/c1-26(20-22-6-2-3-7-24(22)27-14-4-5-15-27)25(29)13-10-21-8-11-23(12-9-21)33(30,31)28-16-18-32-19-17-28/h2-3,6-13H,4-5,14-20H2,1H3. The number of hydrogen-bond acceptors (Lipinski definition) is 5. The first-order valence-electron chi connectivity index (χ1n) is 11.4. The third kappa shape index (κ3) is 5.63. The number of amides is 1. The topological polar surface area (TPSA) is 70.2 Å². The number of likely N-dealkylation sites (N-methyl/N-ethyl adjacent to an activating group) is 1. The van der Waals surface area contributed by atoms with E-state index < -0.39 is 10.0 Å². The van der Waals surface area contributed by atoms with Gasteiger partial charge < -0.3 is 14.5 Å². The summed E-state index contributed by atoms with van der Waals surface area (Å²) in [4.78, 5) is 17.0. The van der Waals surface area contributed by atoms with Gasteiger partial charge in [0.15, 0.2) is 0 Å². The highest BCUT2D eigenvalue weighted by Gasteiger charge is 2.26. The molecule has 0 radical (unpaired) electrons. The first kappa shape index (κ1) is 23.5. The van der Waals surface area contributed by atoms with Crippen LogP contribution in [0.5, 0.6) is 0 Å². The van der Waals surface area contributed by atoms with Gasteiger partial charge in [-0.2, -0.15) is 4.31 Å². The first-order valence-corrected chi connectivity index (χ1v) is 12.8. The van der Waals surface area contributed by atoms with E-state index in [-0.39, 0.29) is 10.8 Å². The van der Waals surface area contributed by atoms with Crippen molar-refractivity contribution in [2.24, 2.45) is 0 Å². The molecular formula is C25H31N3O4S. The Morgan fingerprint density at radius 3 is 2.36 bits per heavy atom. The van der Waals surface area contributed by atoms with E-state index in [9.17, 15) is 13.2 Å². The molecule has 2 heterocycles. The number of carbonyl (C=O) groups excluding carboxylic acids is 1. The molecule has 4 rings (SSSR count). The zero-order valence-electron chi connectivity index (χ0n) is 19.0. The van der Waals surface area contributed by atoms with Crippen LogP contribution in [-0.2, 0) is 26.1 Å². The van der Waals surface area contributed by atoms with Gasteiger partial charge >= 0.3 is 0 Å². The summed E-state index contributed by atoms with van der Waals surface area (Å²) in [5, 5.41) is 0. The number of hydrogen-bond donors (Lipinski definition) is 0. The fraction of sp³-hybridized carbons (Fsp3) is 0.400. The smallest absolute Gasteiger partial charge is 0.246 e. The maximum atomic E-state index is 12.7. The molecule has 2 aromatic rings. The molecule has 2 aliphatic rings. The minimum atomic E-state index is -3.52. The van der Waals surface area contributed by atoms with Gasteiger partial charge in [0, 0.05) is 51.5 Å². The quantitative estimate of drug-likeness (QED) is 0.583. The molecule has 33 heavy (non-hydrogen) atoms. The lowest BCUT2D eigenvalue weighted by molar-refractivity contribution is -0.125. The predicted molar refractivity (Wildman–Crippen MR) is 129 cm³/mol. The summed E-state index contributed by atoms with van der Waals surface area (Å²) in [5.41, 5.74) is 3.12. The second kappa shape index (κ2) is 10.5. The van der Waals surface area contributed by atoms with Crippen LogP contribution >= 0.6 is 0 Å². The van der Waals surface area contributed by atoms with Crippen molar-refractivity contribution >= 4 is 27.7 Å². The second-order valence-corrected chi connectivity index (χ2v) is 10.4. The molecule has 2 aliphatic heterocycles. The lowest BCUT2D eigenvalue weighted by Crippen LogP contribution is -2.40. The largest absolute Gasteiger partial charge is 0.379 e. The molecule has 0 saturated carbocycles. The Bertz CT molecular complexity index is 1090. The molecule has 0 N–H and O–H groups in total. The van der Waals surface area contributed by atoms with E-state index in [0.29, 0.717) is 32.8 Å². The molecule has 8 heteroatoms. The van der Waals surface area contributed by atoms with E-state index >= 15 is 0 Å². The fourth-order valence-electron chi connectivity index (χ4n) is 4.23. The minimum Gasteiger partial charge on any atom is -0.379 e. The van der Waals surface area contributed by atoms with Crippen LogP contribution in [0.15, 0.2) is 59.5 Å². The Kier molecular flexibility index (Phi) is 7.47. The number of ether oxygens (including phenoxy) is 1. The molecule has 2 aromatic carbocycles. The Balaban J connectivity index is 1.38. The number of para-hydroxylation sites is 1. The summed E-state index contributed by atoms with van der Waals surface area (Å²) >= 11 is 0. The van der Waals surface area contributed by atoms with Crippen LogP contribution in [0.2, 0.25) is 0 Å². The van der Waals surface area contributed by atoms with E-state index in [0.717, 1.165) is 24.2 Å². The van der Waals surface area contributed by atoms with Crippen molar-refractivity contribution < 1.29 is 17.9 Å². The number of rotatable bonds is 7. The fourth-order valence-corrected chi connectivity index (χ4v) is 5.63. The molecule has 0 aliphatic carbocycles. The van der Waals surface area contributed by atoms with E-state index in [2.05, 4.69) is 17.0 Å². The highest BCUT2D eigenvalue weighted by molar-refractivity contribution is 7.89. The molecule has 2 saturated heterocycles. The van der Waals surface area contributed by atoms with Crippen molar-refractivity contribution in [2.75, 3.05) is 51.3 Å². The maximum Gasteiger partial charge on any atom is 0.246 e. The molecule has 0 bridgehead atoms. The third-order valence-corrected chi connectivity index (χ3v) is 8.04. The Morgan fingerprint density at radius 2 is 1.67 bits per heavy atom. The van der Waals surface area contributed by atoms with Gasteiger partial charge in [-0.3, -0.25) is 4.79 Å². The molecule has 176 valence electrons. The van der Waals surface area contributed by atoms with E-state index in [1.165, 1.54) is 28.9 Å². The number of carbonyl (C=O) groups is 1. The Hall–Kier alpha value is -2.68. The highest BCUT2D eigenvalue weighted by Crippen LogP contribution is 2.25. The molecular weight excluding hydrogens is 438 g/mol. The van der Waals surface area contributed by atoms with Crippen LogP contribution in [0.4, 0.5) is 5.69 Å². The second-order valence-electron chi connectivity index (χ2n) is 8.44. The maximum absolute atomic E-state index is 12.7. The van der Waals surface area contributed by atoms with Crippen molar-refractivity contribution in [2.45, 2.75) is 24.3 Å². The summed E-state index contributed by atoms with van der Waals surface area (Å²) in [5.74, 6) is -0.101. The highest BCUT2D eigenvalue weighted by atomic mass is 32.2. The van der Waals surface area contributed by atoms with Crippen LogP contribution in [-0.4, -0.2) is 70.0 Å². The van der Waals surface area contributed by atoms with Crippen molar-refractivity contribution in [3.05, 3.63) is 65.7 Å². The van der Waals surface area contributed by atoms with Crippen molar-refractivity contribution in [1.82, 2.24) is 9.21 Å². The zero-order chi connectivity index (χ0) is 23.3.